The van der Waals surface area contributed by atoms with Crippen molar-refractivity contribution in [1.29, 1.82) is 0 Å². The Bertz CT molecular complexity index is 1070. The number of nitrogens with zero attached hydrogens (tertiary/aromatic N) is 2. The van der Waals surface area contributed by atoms with Crippen molar-refractivity contribution in [3.05, 3.63) is 70.9 Å². The molecule has 1 amide bonds. The zero-order chi connectivity index (χ0) is 19.6. The molecule has 3 aromatic rings. The summed E-state index contributed by atoms with van der Waals surface area (Å²) in [5.41, 5.74) is 2.67. The van der Waals surface area contributed by atoms with Gasteiger partial charge in [0.25, 0.3) is 5.91 Å². The van der Waals surface area contributed by atoms with Crippen LogP contribution in [0.15, 0.2) is 51.8 Å². The molecule has 0 radical (unpaired) electrons. The zero-order valence-corrected chi connectivity index (χ0v) is 15.8. The summed E-state index contributed by atoms with van der Waals surface area (Å²) in [6, 6.07) is 11.3. The molecular formula is C18H20N4O4S. The SMILES string of the molecule is Cc1cc(C)n(Cc2ccc(C(=O)NCc3ccc(S(N)(=O)=O)cc3)o2)n1. The van der Waals surface area contributed by atoms with Crippen molar-refractivity contribution < 1.29 is 17.6 Å². The van der Waals surface area contributed by atoms with Crippen LogP contribution in [-0.4, -0.2) is 24.1 Å². The van der Waals surface area contributed by atoms with Gasteiger partial charge in [0.15, 0.2) is 5.76 Å². The second kappa shape index (κ2) is 7.37. The number of benzene rings is 1. The standard InChI is InChI=1S/C18H20N4O4S/c1-12-9-13(2)22(21-12)11-15-5-8-17(26-15)18(23)20-10-14-3-6-16(7-4-14)27(19,24)25/h3-9H,10-11H2,1-2H3,(H,20,23)(H2,19,24,25). The van der Waals surface area contributed by atoms with E-state index in [4.69, 9.17) is 9.56 Å². The molecule has 9 heteroatoms. The smallest absolute Gasteiger partial charge is 0.287 e. The Morgan fingerprint density at radius 3 is 2.48 bits per heavy atom. The third-order valence-corrected chi connectivity index (χ3v) is 4.93. The second-order valence-corrected chi connectivity index (χ2v) is 7.78. The summed E-state index contributed by atoms with van der Waals surface area (Å²) in [6.45, 7) is 4.55. The molecule has 2 aromatic heterocycles. The van der Waals surface area contributed by atoms with Crippen LogP contribution in [0.4, 0.5) is 0 Å². The molecule has 0 aliphatic heterocycles. The lowest BCUT2D eigenvalue weighted by Crippen LogP contribution is -2.22. The lowest BCUT2D eigenvalue weighted by Gasteiger charge is -2.05. The average molecular weight is 388 g/mol. The van der Waals surface area contributed by atoms with Crippen LogP contribution in [0.1, 0.15) is 33.3 Å². The van der Waals surface area contributed by atoms with E-state index in [1.165, 1.54) is 12.1 Å². The fourth-order valence-corrected chi connectivity index (χ4v) is 3.15. The van der Waals surface area contributed by atoms with Gasteiger partial charge < -0.3 is 9.73 Å². The largest absolute Gasteiger partial charge is 0.454 e. The van der Waals surface area contributed by atoms with Crippen LogP contribution in [0.3, 0.4) is 0 Å². The van der Waals surface area contributed by atoms with E-state index in [-0.39, 0.29) is 23.1 Å². The van der Waals surface area contributed by atoms with Gasteiger partial charge in [-0.2, -0.15) is 5.10 Å². The number of nitrogens with two attached hydrogens (primary N) is 1. The highest BCUT2D eigenvalue weighted by Crippen LogP contribution is 2.13. The molecule has 3 N–H and O–H groups in total. The number of furan rings is 1. The van der Waals surface area contributed by atoms with Crippen LogP contribution in [-0.2, 0) is 23.1 Å². The van der Waals surface area contributed by atoms with Gasteiger partial charge in [-0.1, -0.05) is 12.1 Å². The number of aromatic nitrogens is 2. The topological polar surface area (TPSA) is 120 Å². The first-order chi connectivity index (χ1) is 12.7. The Balaban J connectivity index is 1.60. The predicted molar refractivity (Wildman–Crippen MR) is 98.5 cm³/mol. The van der Waals surface area contributed by atoms with Crippen molar-refractivity contribution >= 4 is 15.9 Å². The lowest BCUT2D eigenvalue weighted by atomic mass is 10.2. The van der Waals surface area contributed by atoms with Crippen molar-refractivity contribution in [2.45, 2.75) is 31.8 Å². The molecule has 2 heterocycles. The molecule has 0 atom stereocenters. The van der Waals surface area contributed by atoms with E-state index in [1.54, 1.807) is 24.3 Å². The number of aryl methyl sites for hydroxylation is 2. The van der Waals surface area contributed by atoms with Gasteiger partial charge in [0.1, 0.15) is 5.76 Å². The number of hydrogen-bond donors (Lipinski definition) is 2. The Morgan fingerprint density at radius 1 is 1.19 bits per heavy atom. The summed E-state index contributed by atoms with van der Waals surface area (Å²) in [7, 11) is -3.73. The quantitative estimate of drug-likeness (QED) is 0.666. The Kier molecular flexibility index (Phi) is 5.15. The monoisotopic (exact) mass is 388 g/mol. The van der Waals surface area contributed by atoms with Crippen LogP contribution in [0.25, 0.3) is 0 Å². The van der Waals surface area contributed by atoms with Gasteiger partial charge in [-0.3, -0.25) is 9.48 Å². The van der Waals surface area contributed by atoms with E-state index in [0.29, 0.717) is 12.3 Å². The summed E-state index contributed by atoms with van der Waals surface area (Å²) in [6.07, 6.45) is 0. The van der Waals surface area contributed by atoms with Gasteiger partial charge in [-0.05, 0) is 49.7 Å². The van der Waals surface area contributed by atoms with Crippen LogP contribution in [0, 0.1) is 13.8 Å². The van der Waals surface area contributed by atoms with Crippen molar-refractivity contribution in [2.24, 2.45) is 5.14 Å². The van der Waals surface area contributed by atoms with Crippen LogP contribution in [0.5, 0.6) is 0 Å². The second-order valence-electron chi connectivity index (χ2n) is 6.22. The first-order valence-electron chi connectivity index (χ1n) is 8.22. The molecule has 3 rings (SSSR count). The highest BCUT2D eigenvalue weighted by molar-refractivity contribution is 7.89. The molecule has 0 bridgehead atoms. The van der Waals surface area contributed by atoms with Crippen LogP contribution in [0.2, 0.25) is 0 Å². The molecule has 0 spiro atoms. The molecule has 0 saturated heterocycles. The van der Waals surface area contributed by atoms with E-state index in [1.807, 2.05) is 24.6 Å². The van der Waals surface area contributed by atoms with Crippen LogP contribution < -0.4 is 10.5 Å². The van der Waals surface area contributed by atoms with E-state index >= 15 is 0 Å². The van der Waals surface area contributed by atoms with Crippen molar-refractivity contribution in [2.75, 3.05) is 0 Å². The van der Waals surface area contributed by atoms with E-state index < -0.39 is 10.0 Å². The zero-order valence-electron chi connectivity index (χ0n) is 15.0. The summed E-state index contributed by atoms with van der Waals surface area (Å²) in [5.74, 6) is 0.474. The van der Waals surface area contributed by atoms with Gasteiger partial charge in [-0.15, -0.1) is 0 Å². The molecule has 8 nitrogen and oxygen atoms in total. The lowest BCUT2D eigenvalue weighted by molar-refractivity contribution is 0.0921. The maximum Gasteiger partial charge on any atom is 0.287 e. The fraction of sp³-hybridized carbons (Fsp3) is 0.222. The number of carbonyl (C=O) groups excluding carboxylic acids is 1. The van der Waals surface area contributed by atoms with Crippen LogP contribution >= 0.6 is 0 Å². The number of sulfonamides is 1. The minimum Gasteiger partial charge on any atom is -0.454 e. The summed E-state index contributed by atoms with van der Waals surface area (Å²) in [5, 5.41) is 12.2. The summed E-state index contributed by atoms with van der Waals surface area (Å²) in [4.78, 5) is 12.3. The minimum absolute atomic E-state index is 0.0254. The van der Waals surface area contributed by atoms with Gasteiger partial charge in [-0.25, -0.2) is 13.6 Å². The molecule has 27 heavy (non-hydrogen) atoms. The highest BCUT2D eigenvalue weighted by Gasteiger charge is 2.13. The first-order valence-corrected chi connectivity index (χ1v) is 9.77. The number of primary sulfonamides is 1. The molecular weight excluding hydrogens is 368 g/mol. The Hall–Kier alpha value is -2.91. The molecule has 0 aliphatic rings. The number of carbonyl (C=O) groups is 1. The average Bonchev–Trinajstić information content (AvgIpc) is 3.19. The molecule has 1 aromatic carbocycles. The third-order valence-electron chi connectivity index (χ3n) is 4.00. The Morgan fingerprint density at radius 2 is 1.89 bits per heavy atom. The van der Waals surface area contributed by atoms with Crippen molar-refractivity contribution in [1.82, 2.24) is 15.1 Å². The van der Waals surface area contributed by atoms with E-state index in [9.17, 15) is 13.2 Å². The van der Waals surface area contributed by atoms with Gasteiger partial charge in [0.2, 0.25) is 10.0 Å². The molecule has 142 valence electrons. The predicted octanol–water partition coefficient (Wildman–Crippen LogP) is 1.72. The maximum atomic E-state index is 12.2. The summed E-state index contributed by atoms with van der Waals surface area (Å²) < 4.78 is 29.9. The Labute approximate surface area is 157 Å². The van der Waals surface area contributed by atoms with E-state index in [2.05, 4.69) is 10.4 Å². The van der Waals surface area contributed by atoms with Crippen molar-refractivity contribution in [3.63, 3.8) is 0 Å². The molecule has 0 saturated carbocycles. The van der Waals surface area contributed by atoms with Gasteiger partial charge in [0, 0.05) is 12.2 Å². The normalized spacial score (nSPS) is 11.5. The van der Waals surface area contributed by atoms with Gasteiger partial charge >= 0.3 is 0 Å². The maximum absolute atomic E-state index is 12.2. The number of amides is 1. The van der Waals surface area contributed by atoms with E-state index in [0.717, 1.165) is 17.0 Å². The number of nitrogens with one attached hydrogen (secondary N) is 1. The number of hydrogen-bond acceptors (Lipinski definition) is 5. The molecule has 0 unspecified atom stereocenters. The number of rotatable bonds is 6. The molecule has 0 fully saturated rings. The highest BCUT2D eigenvalue weighted by atomic mass is 32.2. The fourth-order valence-electron chi connectivity index (χ4n) is 2.63. The minimum atomic E-state index is -3.73. The third kappa shape index (κ3) is 4.63. The summed E-state index contributed by atoms with van der Waals surface area (Å²) >= 11 is 0. The van der Waals surface area contributed by atoms with Crippen molar-refractivity contribution in [3.8, 4) is 0 Å². The molecule has 0 aliphatic carbocycles. The first kappa shape index (κ1) is 18.9. The van der Waals surface area contributed by atoms with Gasteiger partial charge in [0.05, 0.1) is 17.1 Å².